The summed E-state index contributed by atoms with van der Waals surface area (Å²) in [6, 6.07) is 7.28. The van der Waals surface area contributed by atoms with Gasteiger partial charge in [-0.05, 0) is 37.0 Å². The van der Waals surface area contributed by atoms with Crippen LogP contribution in [0.15, 0.2) is 24.3 Å². The van der Waals surface area contributed by atoms with Gasteiger partial charge in [0.05, 0.1) is 11.6 Å². The Morgan fingerprint density at radius 1 is 1.48 bits per heavy atom. The molecule has 1 aromatic rings. The highest BCUT2D eigenvalue weighted by molar-refractivity contribution is 5.92. The van der Waals surface area contributed by atoms with Crippen molar-refractivity contribution in [2.45, 2.75) is 25.8 Å². The molecule has 0 saturated carbocycles. The van der Waals surface area contributed by atoms with Crippen molar-refractivity contribution in [3.8, 4) is 6.07 Å². The summed E-state index contributed by atoms with van der Waals surface area (Å²) in [5, 5.41) is 20.8. The molecule has 1 saturated heterocycles. The van der Waals surface area contributed by atoms with Crippen LogP contribution in [0.5, 0.6) is 0 Å². The highest BCUT2D eigenvalue weighted by atomic mass is 16.4. The van der Waals surface area contributed by atoms with Gasteiger partial charge in [0.1, 0.15) is 6.04 Å². The number of nitrogens with zero attached hydrogens (tertiary/aromatic N) is 2. The summed E-state index contributed by atoms with van der Waals surface area (Å²) in [5.41, 5.74) is 0.927. The van der Waals surface area contributed by atoms with E-state index < -0.39 is 18.0 Å². The van der Waals surface area contributed by atoms with E-state index in [2.05, 4.69) is 5.32 Å². The summed E-state index contributed by atoms with van der Waals surface area (Å²) in [6.45, 7) is 2.26. The molecule has 1 aliphatic rings. The topological polar surface area (TPSA) is 93.4 Å². The fourth-order valence-electron chi connectivity index (χ4n) is 2.65. The molecule has 21 heavy (non-hydrogen) atoms. The van der Waals surface area contributed by atoms with E-state index in [9.17, 15) is 14.7 Å². The van der Waals surface area contributed by atoms with Crippen molar-refractivity contribution in [2.75, 3.05) is 11.9 Å². The first kappa shape index (κ1) is 14.9. The standard InChI is InChI=1S/C15H17N3O3/c1-10-4-3-7-18(13(10)14(19)20)15(21)17-12-6-2-5-11(8-12)9-16/h2,5-6,8,10,13H,3-4,7H2,1H3,(H,17,21)(H,19,20). The average Bonchev–Trinajstić information content (AvgIpc) is 2.46. The van der Waals surface area contributed by atoms with Crippen molar-refractivity contribution in [2.24, 2.45) is 5.92 Å². The van der Waals surface area contributed by atoms with E-state index in [1.165, 1.54) is 4.90 Å². The zero-order chi connectivity index (χ0) is 15.4. The lowest BCUT2D eigenvalue weighted by Gasteiger charge is -2.37. The number of aliphatic carboxylic acids is 1. The first-order chi connectivity index (χ1) is 10.0. The molecule has 1 aliphatic heterocycles. The minimum absolute atomic E-state index is 0.0764. The lowest BCUT2D eigenvalue weighted by molar-refractivity contribution is -0.145. The molecule has 2 amide bonds. The van der Waals surface area contributed by atoms with Crippen LogP contribution in [-0.4, -0.2) is 34.6 Å². The third-order valence-electron chi connectivity index (χ3n) is 3.69. The number of rotatable bonds is 2. The zero-order valence-electron chi connectivity index (χ0n) is 11.7. The Morgan fingerprint density at radius 3 is 2.90 bits per heavy atom. The van der Waals surface area contributed by atoms with Gasteiger partial charge in [0.15, 0.2) is 0 Å². The second kappa shape index (κ2) is 6.27. The smallest absolute Gasteiger partial charge is 0.326 e. The Morgan fingerprint density at radius 2 is 2.24 bits per heavy atom. The Labute approximate surface area is 123 Å². The number of urea groups is 1. The largest absolute Gasteiger partial charge is 0.480 e. The van der Waals surface area contributed by atoms with E-state index in [0.29, 0.717) is 17.8 Å². The van der Waals surface area contributed by atoms with E-state index in [4.69, 9.17) is 5.26 Å². The maximum atomic E-state index is 12.3. The third kappa shape index (κ3) is 3.31. The fourth-order valence-corrected chi connectivity index (χ4v) is 2.65. The number of nitriles is 1. The Kier molecular flexibility index (Phi) is 4.43. The number of amides is 2. The summed E-state index contributed by atoms with van der Waals surface area (Å²) in [5.74, 6) is -1.06. The average molecular weight is 287 g/mol. The molecule has 1 aromatic carbocycles. The molecule has 6 heteroatoms. The van der Waals surface area contributed by atoms with Gasteiger partial charge in [0, 0.05) is 12.2 Å². The van der Waals surface area contributed by atoms with E-state index in [-0.39, 0.29) is 5.92 Å². The Hall–Kier alpha value is -2.55. The first-order valence-electron chi connectivity index (χ1n) is 6.83. The van der Waals surface area contributed by atoms with Gasteiger partial charge in [0.25, 0.3) is 0 Å². The van der Waals surface area contributed by atoms with Crippen molar-refractivity contribution in [3.05, 3.63) is 29.8 Å². The number of nitrogens with one attached hydrogen (secondary N) is 1. The molecule has 1 fully saturated rings. The van der Waals surface area contributed by atoms with Crippen molar-refractivity contribution in [1.82, 2.24) is 4.90 Å². The molecule has 110 valence electrons. The van der Waals surface area contributed by atoms with Crippen molar-refractivity contribution < 1.29 is 14.7 Å². The summed E-state index contributed by atoms with van der Waals surface area (Å²) in [4.78, 5) is 25.0. The van der Waals surface area contributed by atoms with Crippen molar-refractivity contribution >= 4 is 17.7 Å². The Balaban J connectivity index is 2.14. The number of hydrogen-bond donors (Lipinski definition) is 2. The lowest BCUT2D eigenvalue weighted by atomic mass is 9.91. The van der Waals surface area contributed by atoms with Crippen LogP contribution < -0.4 is 5.32 Å². The monoisotopic (exact) mass is 287 g/mol. The predicted molar refractivity (Wildman–Crippen MR) is 76.7 cm³/mol. The molecule has 2 rings (SSSR count). The quantitative estimate of drug-likeness (QED) is 0.872. The maximum absolute atomic E-state index is 12.3. The normalized spacial score (nSPS) is 21.4. The second-order valence-electron chi connectivity index (χ2n) is 5.22. The number of carbonyl (C=O) groups excluding carboxylic acids is 1. The number of hydrogen-bond acceptors (Lipinski definition) is 3. The number of carbonyl (C=O) groups is 2. The Bertz CT molecular complexity index is 594. The van der Waals surface area contributed by atoms with Crippen LogP contribution in [0.3, 0.4) is 0 Å². The number of carboxylic acid groups (broad SMARTS) is 1. The van der Waals surface area contributed by atoms with Gasteiger partial charge in [-0.2, -0.15) is 5.26 Å². The van der Waals surface area contributed by atoms with E-state index >= 15 is 0 Å². The summed E-state index contributed by atoms with van der Waals surface area (Å²) in [6.07, 6.45) is 1.58. The maximum Gasteiger partial charge on any atom is 0.326 e. The number of benzene rings is 1. The molecule has 2 unspecified atom stereocenters. The number of piperidine rings is 1. The number of likely N-dealkylation sites (tertiary alicyclic amines) is 1. The molecular weight excluding hydrogens is 270 g/mol. The van der Waals surface area contributed by atoms with E-state index in [1.54, 1.807) is 24.3 Å². The van der Waals surface area contributed by atoms with Crippen LogP contribution in [-0.2, 0) is 4.79 Å². The molecule has 0 aromatic heterocycles. The summed E-state index contributed by atoms with van der Waals surface area (Å²) in [7, 11) is 0. The first-order valence-corrected chi connectivity index (χ1v) is 6.83. The van der Waals surface area contributed by atoms with Crippen LogP contribution in [0, 0.1) is 17.2 Å². The minimum atomic E-state index is -0.983. The van der Waals surface area contributed by atoms with Crippen molar-refractivity contribution in [1.29, 1.82) is 5.26 Å². The number of anilines is 1. The molecule has 0 bridgehead atoms. The van der Waals surface area contributed by atoms with Gasteiger partial charge >= 0.3 is 12.0 Å². The van der Waals surface area contributed by atoms with Crippen LogP contribution >= 0.6 is 0 Å². The highest BCUT2D eigenvalue weighted by Crippen LogP contribution is 2.24. The van der Waals surface area contributed by atoms with Gasteiger partial charge in [-0.15, -0.1) is 0 Å². The number of carboxylic acids is 1. The van der Waals surface area contributed by atoms with Gasteiger partial charge in [-0.3, -0.25) is 0 Å². The van der Waals surface area contributed by atoms with E-state index in [1.807, 2.05) is 13.0 Å². The van der Waals surface area contributed by atoms with Crippen LogP contribution in [0.2, 0.25) is 0 Å². The van der Waals surface area contributed by atoms with Gasteiger partial charge in [-0.25, -0.2) is 9.59 Å². The van der Waals surface area contributed by atoms with Gasteiger partial charge in [0.2, 0.25) is 0 Å². The summed E-state index contributed by atoms with van der Waals surface area (Å²) >= 11 is 0. The molecule has 6 nitrogen and oxygen atoms in total. The van der Waals surface area contributed by atoms with Crippen LogP contribution in [0.1, 0.15) is 25.3 Å². The van der Waals surface area contributed by atoms with Gasteiger partial charge in [-0.1, -0.05) is 13.0 Å². The minimum Gasteiger partial charge on any atom is -0.480 e. The van der Waals surface area contributed by atoms with E-state index in [0.717, 1.165) is 12.8 Å². The molecule has 1 heterocycles. The van der Waals surface area contributed by atoms with Gasteiger partial charge < -0.3 is 15.3 Å². The zero-order valence-corrected chi connectivity index (χ0v) is 11.7. The molecule has 0 spiro atoms. The summed E-state index contributed by atoms with van der Waals surface area (Å²) < 4.78 is 0. The second-order valence-corrected chi connectivity index (χ2v) is 5.22. The fraction of sp³-hybridized carbons (Fsp3) is 0.400. The lowest BCUT2D eigenvalue weighted by Crippen LogP contribution is -2.53. The van der Waals surface area contributed by atoms with Crippen molar-refractivity contribution in [3.63, 3.8) is 0 Å². The predicted octanol–water partition coefficient (Wildman–Crippen LogP) is 2.28. The van der Waals surface area contributed by atoms with Crippen LogP contribution in [0.4, 0.5) is 10.5 Å². The molecule has 2 atom stereocenters. The SMILES string of the molecule is CC1CCCN(C(=O)Nc2cccc(C#N)c2)C1C(=O)O. The third-order valence-corrected chi connectivity index (χ3v) is 3.69. The molecule has 0 radical (unpaired) electrons. The highest BCUT2D eigenvalue weighted by Gasteiger charge is 2.37. The molecule has 0 aliphatic carbocycles. The molecular formula is C15H17N3O3. The van der Waals surface area contributed by atoms with Crippen LogP contribution in [0.25, 0.3) is 0 Å². The molecule has 2 N–H and O–H groups in total.